The number of nitrogens with zero attached hydrogens (tertiary/aromatic N) is 3. The number of aliphatic hydroxyl groups excluding tert-OH is 1. The van der Waals surface area contributed by atoms with Crippen LogP contribution in [0.1, 0.15) is 52.8 Å². The van der Waals surface area contributed by atoms with Gasteiger partial charge in [0.2, 0.25) is 5.88 Å². The highest BCUT2D eigenvalue weighted by Crippen LogP contribution is 2.32. The molecule has 3 rings (SSSR count). The van der Waals surface area contributed by atoms with Gasteiger partial charge in [-0.3, -0.25) is 4.90 Å². The normalized spacial score (nSPS) is 13.0. The third-order valence-corrected chi connectivity index (χ3v) is 5.63. The minimum Gasteiger partial charge on any atom is -0.439 e. The van der Waals surface area contributed by atoms with Gasteiger partial charge in [0.15, 0.2) is 0 Å². The van der Waals surface area contributed by atoms with Crippen LogP contribution in [0.2, 0.25) is 0 Å². The lowest BCUT2D eigenvalue weighted by Gasteiger charge is -2.30. The molecule has 1 aromatic heterocycles. The first-order valence-electron chi connectivity index (χ1n) is 12.2. The first kappa shape index (κ1) is 26.9. The van der Waals surface area contributed by atoms with Gasteiger partial charge in [-0.2, -0.15) is 5.10 Å². The zero-order valence-electron chi connectivity index (χ0n) is 21.7. The standard InChI is InChI=1S/C28H38FN3O3/c1-7-26-25(18-31(20(2)3)17-23(33)19-34-28(4,5)6)27(35-24-15-13-21(29)14-16-24)32(30-26)22-11-9-8-10-12-22/h8-16,20,23,33H,7,17-19H2,1-6H3/t23-/m1/s1. The third kappa shape index (κ3) is 7.62. The number of ether oxygens (including phenoxy) is 2. The molecule has 0 amide bonds. The van der Waals surface area contributed by atoms with E-state index in [-0.39, 0.29) is 24.1 Å². The van der Waals surface area contributed by atoms with Gasteiger partial charge in [-0.15, -0.1) is 0 Å². The Kier molecular flexibility index (Phi) is 9.05. The Labute approximate surface area is 208 Å². The van der Waals surface area contributed by atoms with Crippen LogP contribution in [0, 0.1) is 5.82 Å². The minimum absolute atomic E-state index is 0.169. The van der Waals surface area contributed by atoms with E-state index in [0.29, 0.717) is 24.7 Å². The van der Waals surface area contributed by atoms with E-state index in [1.165, 1.54) is 12.1 Å². The molecule has 0 saturated carbocycles. The number of aryl methyl sites for hydroxylation is 1. The summed E-state index contributed by atoms with van der Waals surface area (Å²) < 4.78 is 27.4. The molecule has 3 aromatic rings. The highest BCUT2D eigenvalue weighted by Gasteiger charge is 2.25. The average Bonchev–Trinajstić information content (AvgIpc) is 3.15. The van der Waals surface area contributed by atoms with Crippen LogP contribution < -0.4 is 4.74 Å². The van der Waals surface area contributed by atoms with Crippen LogP contribution in [0.4, 0.5) is 4.39 Å². The number of aliphatic hydroxyl groups is 1. The molecule has 190 valence electrons. The zero-order chi connectivity index (χ0) is 25.6. The van der Waals surface area contributed by atoms with Crippen LogP contribution >= 0.6 is 0 Å². The van der Waals surface area contributed by atoms with E-state index in [1.54, 1.807) is 16.8 Å². The Morgan fingerprint density at radius 2 is 1.71 bits per heavy atom. The van der Waals surface area contributed by atoms with Crippen molar-refractivity contribution in [3.63, 3.8) is 0 Å². The molecule has 0 aliphatic rings. The lowest BCUT2D eigenvalue weighted by atomic mass is 10.1. The van der Waals surface area contributed by atoms with Gasteiger partial charge in [0.1, 0.15) is 11.6 Å². The fraction of sp³-hybridized carbons (Fsp3) is 0.464. The number of halogens is 1. The Bertz CT molecular complexity index is 1060. The van der Waals surface area contributed by atoms with Crippen molar-refractivity contribution in [3.8, 4) is 17.3 Å². The Morgan fingerprint density at radius 1 is 1.06 bits per heavy atom. The fourth-order valence-electron chi connectivity index (χ4n) is 3.71. The maximum absolute atomic E-state index is 13.5. The first-order chi connectivity index (χ1) is 16.6. The molecule has 7 heteroatoms. The number of hydrogen-bond acceptors (Lipinski definition) is 5. The summed E-state index contributed by atoms with van der Waals surface area (Å²) in [5.74, 6) is 0.800. The molecule has 0 spiro atoms. The largest absolute Gasteiger partial charge is 0.439 e. The van der Waals surface area contributed by atoms with Gasteiger partial charge in [0, 0.05) is 19.1 Å². The molecule has 0 unspecified atom stereocenters. The third-order valence-electron chi connectivity index (χ3n) is 5.63. The molecule has 1 heterocycles. The second-order valence-corrected chi connectivity index (χ2v) is 9.99. The molecule has 0 aliphatic carbocycles. The second-order valence-electron chi connectivity index (χ2n) is 9.99. The SMILES string of the molecule is CCc1nn(-c2ccccc2)c(Oc2ccc(F)cc2)c1CN(C[C@@H](O)COC(C)(C)C)C(C)C. The molecule has 6 nitrogen and oxygen atoms in total. The van der Waals surface area contributed by atoms with Gasteiger partial charge in [0.25, 0.3) is 0 Å². The summed E-state index contributed by atoms with van der Waals surface area (Å²) in [5, 5.41) is 15.6. The molecule has 0 aliphatic heterocycles. The first-order valence-corrected chi connectivity index (χ1v) is 12.2. The van der Waals surface area contributed by atoms with E-state index in [1.807, 2.05) is 51.1 Å². The molecule has 2 aromatic carbocycles. The summed E-state index contributed by atoms with van der Waals surface area (Å²) in [4.78, 5) is 2.19. The summed E-state index contributed by atoms with van der Waals surface area (Å²) in [7, 11) is 0. The molecule has 0 bridgehead atoms. The van der Waals surface area contributed by atoms with E-state index in [9.17, 15) is 9.50 Å². The Morgan fingerprint density at radius 3 is 2.29 bits per heavy atom. The minimum atomic E-state index is -0.632. The van der Waals surface area contributed by atoms with Crippen LogP contribution in [0.3, 0.4) is 0 Å². The van der Waals surface area contributed by atoms with E-state index in [4.69, 9.17) is 14.6 Å². The van der Waals surface area contributed by atoms with Crippen LogP contribution in [0.25, 0.3) is 5.69 Å². The van der Waals surface area contributed by atoms with Gasteiger partial charge < -0.3 is 14.6 Å². The second kappa shape index (κ2) is 11.8. The predicted octanol–water partition coefficient (Wildman–Crippen LogP) is 5.75. The van der Waals surface area contributed by atoms with E-state index in [0.717, 1.165) is 23.4 Å². The van der Waals surface area contributed by atoms with Crippen molar-refractivity contribution in [1.82, 2.24) is 14.7 Å². The van der Waals surface area contributed by atoms with Gasteiger partial charge in [-0.05, 0) is 77.4 Å². The Balaban J connectivity index is 1.96. The smallest absolute Gasteiger partial charge is 0.227 e. The Hall–Kier alpha value is -2.74. The average molecular weight is 484 g/mol. The molecule has 0 radical (unpaired) electrons. The molecular formula is C28H38FN3O3. The van der Waals surface area contributed by atoms with Crippen LogP contribution in [0.15, 0.2) is 54.6 Å². The van der Waals surface area contributed by atoms with Crippen molar-refractivity contribution in [2.75, 3.05) is 13.2 Å². The maximum Gasteiger partial charge on any atom is 0.227 e. The van der Waals surface area contributed by atoms with E-state index < -0.39 is 6.10 Å². The van der Waals surface area contributed by atoms with Gasteiger partial charge in [-0.25, -0.2) is 9.07 Å². The highest BCUT2D eigenvalue weighted by atomic mass is 19.1. The van der Waals surface area contributed by atoms with Crippen molar-refractivity contribution in [2.24, 2.45) is 0 Å². The monoisotopic (exact) mass is 483 g/mol. The number of para-hydroxylation sites is 1. The van der Waals surface area contributed by atoms with Crippen molar-refractivity contribution in [2.45, 2.75) is 72.3 Å². The predicted molar refractivity (Wildman–Crippen MR) is 137 cm³/mol. The van der Waals surface area contributed by atoms with Crippen LogP contribution in [-0.2, 0) is 17.7 Å². The van der Waals surface area contributed by atoms with Crippen LogP contribution in [-0.4, -0.2) is 50.7 Å². The summed E-state index contributed by atoms with van der Waals surface area (Å²) in [5.41, 5.74) is 2.42. The van der Waals surface area contributed by atoms with Gasteiger partial charge >= 0.3 is 0 Å². The molecule has 0 saturated heterocycles. The van der Waals surface area contributed by atoms with E-state index in [2.05, 4.69) is 25.7 Å². The molecule has 1 atom stereocenters. The number of hydrogen-bond donors (Lipinski definition) is 1. The lowest BCUT2D eigenvalue weighted by Crippen LogP contribution is -2.40. The van der Waals surface area contributed by atoms with Gasteiger partial charge in [-0.1, -0.05) is 25.1 Å². The maximum atomic E-state index is 13.5. The number of rotatable bonds is 11. The summed E-state index contributed by atoms with van der Waals surface area (Å²) in [6.07, 6.45) is 0.0867. The van der Waals surface area contributed by atoms with Crippen molar-refractivity contribution in [1.29, 1.82) is 0 Å². The molecule has 35 heavy (non-hydrogen) atoms. The quantitative estimate of drug-likeness (QED) is 0.376. The van der Waals surface area contributed by atoms with Crippen molar-refractivity contribution < 1.29 is 19.0 Å². The number of benzene rings is 2. The van der Waals surface area contributed by atoms with Crippen molar-refractivity contribution in [3.05, 3.63) is 71.7 Å². The lowest BCUT2D eigenvalue weighted by molar-refractivity contribution is -0.0587. The summed E-state index contributed by atoms with van der Waals surface area (Å²) in [6.45, 7) is 13.4. The fourth-order valence-corrected chi connectivity index (χ4v) is 3.71. The zero-order valence-corrected chi connectivity index (χ0v) is 21.7. The highest BCUT2D eigenvalue weighted by molar-refractivity contribution is 5.43. The number of aromatic nitrogens is 2. The van der Waals surface area contributed by atoms with Crippen LogP contribution in [0.5, 0.6) is 11.6 Å². The molecule has 1 N–H and O–H groups in total. The molecular weight excluding hydrogens is 445 g/mol. The summed E-state index contributed by atoms with van der Waals surface area (Å²) in [6, 6.07) is 16.0. The molecule has 0 fully saturated rings. The van der Waals surface area contributed by atoms with E-state index >= 15 is 0 Å². The topological polar surface area (TPSA) is 59.8 Å². The van der Waals surface area contributed by atoms with Gasteiger partial charge in [0.05, 0.1) is 35.3 Å². The van der Waals surface area contributed by atoms with Crippen molar-refractivity contribution >= 4 is 0 Å². The summed E-state index contributed by atoms with van der Waals surface area (Å²) >= 11 is 0.